The topological polar surface area (TPSA) is 94.3 Å². The molecule has 0 aliphatic carbocycles. The minimum Gasteiger partial charge on any atom is -0.510 e. The molecule has 1 atom stereocenters. The van der Waals surface area contributed by atoms with Gasteiger partial charge in [-0.2, -0.15) is 0 Å². The Kier molecular flexibility index (Phi) is 4.40. The summed E-state index contributed by atoms with van der Waals surface area (Å²) in [7, 11) is -3.05. The fourth-order valence-corrected chi connectivity index (χ4v) is 6.19. The van der Waals surface area contributed by atoms with Gasteiger partial charge in [-0.05, 0) is 18.6 Å². The first-order chi connectivity index (χ1) is 12.3. The van der Waals surface area contributed by atoms with Gasteiger partial charge in [0.15, 0.2) is 9.84 Å². The van der Waals surface area contributed by atoms with Gasteiger partial charge in [-0.3, -0.25) is 5.41 Å². The van der Waals surface area contributed by atoms with Gasteiger partial charge in [0.2, 0.25) is 0 Å². The van der Waals surface area contributed by atoms with E-state index in [-0.39, 0.29) is 35.7 Å². The summed E-state index contributed by atoms with van der Waals surface area (Å²) in [5.41, 5.74) is 2.15. The predicted octanol–water partition coefficient (Wildman–Crippen LogP) is 3.32. The normalized spacial score (nSPS) is 22.4. The molecule has 6 nitrogen and oxygen atoms in total. The van der Waals surface area contributed by atoms with Crippen LogP contribution < -0.4 is 0 Å². The van der Waals surface area contributed by atoms with Crippen molar-refractivity contribution in [3.05, 3.63) is 44.9 Å². The van der Waals surface area contributed by atoms with Crippen molar-refractivity contribution in [2.45, 2.75) is 12.5 Å². The summed E-state index contributed by atoms with van der Waals surface area (Å²) in [6, 6.07) is 7.52. The summed E-state index contributed by atoms with van der Waals surface area (Å²) in [5, 5.41) is 21.3. The molecule has 0 saturated carbocycles. The van der Waals surface area contributed by atoms with E-state index in [0.717, 1.165) is 15.7 Å². The van der Waals surface area contributed by atoms with E-state index in [4.69, 9.17) is 5.41 Å². The number of hydrogen-bond donors (Lipinski definition) is 2. The highest BCUT2D eigenvalue weighted by atomic mass is 79.9. The van der Waals surface area contributed by atoms with E-state index in [0.29, 0.717) is 17.0 Å². The van der Waals surface area contributed by atoms with E-state index >= 15 is 0 Å². The van der Waals surface area contributed by atoms with Crippen LogP contribution in [0.2, 0.25) is 0 Å². The Labute approximate surface area is 163 Å². The second kappa shape index (κ2) is 6.47. The summed E-state index contributed by atoms with van der Waals surface area (Å²) < 4.78 is 24.5. The number of rotatable bonds is 3. The Morgan fingerprint density at radius 1 is 1.31 bits per heavy atom. The zero-order valence-corrected chi connectivity index (χ0v) is 16.9. The van der Waals surface area contributed by atoms with Crippen LogP contribution in [0.3, 0.4) is 0 Å². The molecule has 2 N–H and O–H groups in total. The van der Waals surface area contributed by atoms with Crippen LogP contribution in [0.4, 0.5) is 0 Å². The Balaban J connectivity index is 1.59. The summed E-state index contributed by atoms with van der Waals surface area (Å²) in [6.07, 6.45) is 0.493. The van der Waals surface area contributed by atoms with Gasteiger partial charge in [-0.1, -0.05) is 28.1 Å². The van der Waals surface area contributed by atoms with Gasteiger partial charge in [0.25, 0.3) is 0 Å². The van der Waals surface area contributed by atoms with Gasteiger partial charge < -0.3 is 10.0 Å². The second-order valence-corrected chi connectivity index (χ2v) is 10.4. The molecule has 3 heterocycles. The van der Waals surface area contributed by atoms with Crippen LogP contribution in [0.1, 0.15) is 11.4 Å². The van der Waals surface area contributed by atoms with Gasteiger partial charge in [-0.25, -0.2) is 13.4 Å². The fraction of sp³-hybridized carbons (Fsp3) is 0.294. The van der Waals surface area contributed by atoms with Crippen LogP contribution in [0.15, 0.2) is 39.9 Å². The average Bonchev–Trinajstić information content (AvgIpc) is 3.26. The Morgan fingerprint density at radius 2 is 2.04 bits per heavy atom. The van der Waals surface area contributed by atoms with Gasteiger partial charge in [0, 0.05) is 21.5 Å². The molecule has 0 spiro atoms. The fourth-order valence-electron chi connectivity index (χ4n) is 3.30. The molecule has 1 saturated heterocycles. The summed E-state index contributed by atoms with van der Waals surface area (Å²) >= 11 is 4.78. The van der Waals surface area contributed by atoms with Crippen molar-refractivity contribution in [3.63, 3.8) is 0 Å². The number of sulfone groups is 1. The molecule has 2 aromatic rings. The van der Waals surface area contributed by atoms with Crippen molar-refractivity contribution in [2.75, 3.05) is 18.1 Å². The van der Waals surface area contributed by atoms with Gasteiger partial charge in [0.05, 0.1) is 29.3 Å². The number of aliphatic hydroxyl groups is 1. The highest BCUT2D eigenvalue weighted by Gasteiger charge is 2.39. The third-order valence-corrected chi connectivity index (χ3v) is 7.78. The molecule has 4 rings (SSSR count). The Bertz CT molecular complexity index is 1010. The number of nitrogens with one attached hydrogen (secondary N) is 1. The first-order valence-electron chi connectivity index (χ1n) is 8.04. The second-order valence-electron chi connectivity index (χ2n) is 6.40. The van der Waals surface area contributed by atoms with Crippen molar-refractivity contribution in [2.24, 2.45) is 0 Å². The number of aromatic nitrogens is 1. The molecule has 1 aromatic heterocycles. The number of amidine groups is 1. The highest BCUT2D eigenvalue weighted by Crippen LogP contribution is 2.34. The molecule has 0 amide bonds. The first-order valence-corrected chi connectivity index (χ1v) is 11.5. The van der Waals surface area contributed by atoms with Gasteiger partial charge in [0.1, 0.15) is 16.6 Å². The predicted molar refractivity (Wildman–Crippen MR) is 106 cm³/mol. The van der Waals surface area contributed by atoms with E-state index in [2.05, 4.69) is 20.9 Å². The standard InChI is InChI=1S/C17H16BrN3O3S2/c18-11-3-1-10(2-4-11)13-8-25-17(20-13)15-14(22)7-21(16(15)19)12-5-6-26(23,24)9-12/h1-4,8,12,19,22H,5-7,9H2. The summed E-state index contributed by atoms with van der Waals surface area (Å²) in [5.74, 6) is 0.415. The number of thiazole rings is 1. The van der Waals surface area contributed by atoms with Gasteiger partial charge >= 0.3 is 0 Å². The monoisotopic (exact) mass is 453 g/mol. The molecular weight excluding hydrogens is 438 g/mol. The molecule has 2 aliphatic rings. The van der Waals surface area contributed by atoms with Crippen LogP contribution >= 0.6 is 27.3 Å². The minimum atomic E-state index is -3.05. The largest absolute Gasteiger partial charge is 0.510 e. The van der Waals surface area contributed by atoms with Crippen LogP contribution in [-0.2, 0) is 9.84 Å². The average molecular weight is 454 g/mol. The number of hydrogen-bond acceptors (Lipinski definition) is 6. The lowest BCUT2D eigenvalue weighted by Crippen LogP contribution is -2.38. The van der Waals surface area contributed by atoms with Crippen molar-refractivity contribution < 1.29 is 13.5 Å². The van der Waals surface area contributed by atoms with E-state index in [1.807, 2.05) is 29.6 Å². The first kappa shape index (κ1) is 17.7. The molecule has 1 aromatic carbocycles. The van der Waals surface area contributed by atoms with E-state index in [1.165, 1.54) is 11.3 Å². The molecule has 2 aliphatic heterocycles. The summed E-state index contributed by atoms with van der Waals surface area (Å²) in [6.45, 7) is 0.168. The molecular formula is C17H16BrN3O3S2. The quantitative estimate of drug-likeness (QED) is 0.742. The SMILES string of the molecule is N=C1C(c2nc(-c3ccc(Br)cc3)cs2)=C(O)CN1C1CCS(=O)(=O)C1. The number of benzene rings is 1. The lowest BCUT2D eigenvalue weighted by molar-refractivity contribution is 0.309. The Morgan fingerprint density at radius 3 is 2.69 bits per heavy atom. The van der Waals surface area contributed by atoms with Crippen molar-refractivity contribution in [1.29, 1.82) is 5.41 Å². The van der Waals surface area contributed by atoms with E-state index in [9.17, 15) is 13.5 Å². The summed E-state index contributed by atoms with van der Waals surface area (Å²) in [4.78, 5) is 6.26. The Hall–Kier alpha value is -1.71. The number of nitrogens with zero attached hydrogens (tertiary/aromatic N) is 2. The maximum absolute atomic E-state index is 11.7. The lowest BCUT2D eigenvalue weighted by Gasteiger charge is -2.24. The van der Waals surface area contributed by atoms with Crippen LogP contribution in [0.5, 0.6) is 0 Å². The third-order valence-electron chi connectivity index (χ3n) is 4.64. The molecule has 1 fully saturated rings. The zero-order chi connectivity index (χ0) is 18.5. The van der Waals surface area contributed by atoms with Crippen molar-refractivity contribution >= 4 is 48.5 Å². The highest BCUT2D eigenvalue weighted by molar-refractivity contribution is 9.10. The molecule has 9 heteroatoms. The molecule has 0 radical (unpaired) electrons. The van der Waals surface area contributed by atoms with Crippen molar-refractivity contribution in [1.82, 2.24) is 9.88 Å². The van der Waals surface area contributed by atoms with Crippen molar-refractivity contribution in [3.8, 4) is 11.3 Å². The van der Waals surface area contributed by atoms with E-state index in [1.54, 1.807) is 4.90 Å². The van der Waals surface area contributed by atoms with Crippen LogP contribution in [0.25, 0.3) is 16.8 Å². The lowest BCUT2D eigenvalue weighted by atomic mass is 10.2. The molecule has 0 bridgehead atoms. The van der Waals surface area contributed by atoms with Crippen LogP contribution in [-0.4, -0.2) is 53.3 Å². The molecule has 26 heavy (non-hydrogen) atoms. The smallest absolute Gasteiger partial charge is 0.152 e. The maximum Gasteiger partial charge on any atom is 0.152 e. The molecule has 1 unspecified atom stereocenters. The number of halogens is 1. The third kappa shape index (κ3) is 3.19. The zero-order valence-electron chi connectivity index (χ0n) is 13.6. The van der Waals surface area contributed by atoms with Crippen LogP contribution in [0, 0.1) is 5.41 Å². The van der Waals surface area contributed by atoms with Gasteiger partial charge in [-0.15, -0.1) is 11.3 Å². The van der Waals surface area contributed by atoms with E-state index < -0.39 is 9.84 Å². The number of aliphatic hydroxyl groups excluding tert-OH is 1. The molecule has 136 valence electrons. The maximum atomic E-state index is 11.7. The minimum absolute atomic E-state index is 0.0396.